The third-order valence-corrected chi connectivity index (χ3v) is 0.830. The molecule has 0 fully saturated rings. The highest BCUT2D eigenvalue weighted by molar-refractivity contribution is 7.80. The molecule has 0 amide bonds. The molecule has 0 N–H and O–H groups in total. The van der Waals surface area contributed by atoms with E-state index in [0.717, 1.165) is 4.86 Å². The van der Waals surface area contributed by atoms with Crippen molar-refractivity contribution in [3.8, 4) is 0 Å². The second kappa shape index (κ2) is 1.39. The molecular formula is C4H4OS. The lowest BCUT2D eigenvalue weighted by Crippen LogP contribution is -1.88. The van der Waals surface area contributed by atoms with Gasteiger partial charge in [0.1, 0.15) is 6.61 Å². The summed E-state index contributed by atoms with van der Waals surface area (Å²) in [6.45, 7) is 0.606. The van der Waals surface area contributed by atoms with E-state index in [0.29, 0.717) is 6.61 Å². The van der Waals surface area contributed by atoms with Crippen molar-refractivity contribution >= 4 is 17.1 Å². The van der Waals surface area contributed by atoms with E-state index in [4.69, 9.17) is 17.0 Å². The van der Waals surface area contributed by atoms with Crippen molar-refractivity contribution < 1.29 is 4.74 Å². The fourth-order valence-electron chi connectivity index (χ4n) is 0.302. The summed E-state index contributed by atoms with van der Waals surface area (Å²) in [6.07, 6.45) is 3.40. The Morgan fingerprint density at radius 2 is 2.67 bits per heavy atom. The molecule has 0 aromatic carbocycles. The van der Waals surface area contributed by atoms with Gasteiger partial charge >= 0.3 is 0 Å². The molecule has 32 valence electrons. The molecule has 0 saturated carbocycles. The average molecular weight is 100 g/mol. The summed E-state index contributed by atoms with van der Waals surface area (Å²) in [6, 6.07) is 0. The van der Waals surface area contributed by atoms with Crippen LogP contribution in [-0.2, 0) is 4.74 Å². The van der Waals surface area contributed by atoms with E-state index in [1.165, 1.54) is 0 Å². The quantitative estimate of drug-likeness (QED) is 0.418. The molecule has 1 rings (SSSR count). The lowest BCUT2D eigenvalue weighted by atomic mass is 10.5. The Morgan fingerprint density at radius 1 is 1.83 bits per heavy atom. The van der Waals surface area contributed by atoms with Crippen LogP contribution in [0.1, 0.15) is 0 Å². The molecule has 0 radical (unpaired) electrons. The van der Waals surface area contributed by atoms with Gasteiger partial charge in [-0.2, -0.15) is 0 Å². The van der Waals surface area contributed by atoms with Crippen LogP contribution in [0.5, 0.6) is 0 Å². The Labute approximate surface area is 41.6 Å². The largest absolute Gasteiger partial charge is 0.496 e. The first-order valence-corrected chi connectivity index (χ1v) is 2.11. The Morgan fingerprint density at radius 3 is 2.83 bits per heavy atom. The molecule has 1 aliphatic heterocycles. The molecule has 0 saturated heterocycles. The summed E-state index contributed by atoms with van der Waals surface area (Å²) in [5.41, 5.74) is 0. The van der Waals surface area contributed by atoms with Crippen molar-refractivity contribution in [2.75, 3.05) is 6.61 Å². The SMILES string of the molecule is S=C1C=COC1. The fraction of sp³-hybridized carbons (Fsp3) is 0.250. The number of hydrogen-bond donors (Lipinski definition) is 0. The normalized spacial score (nSPS) is 18.3. The maximum absolute atomic E-state index is 4.73. The predicted molar refractivity (Wildman–Crippen MR) is 27.7 cm³/mol. The fourth-order valence-corrected chi connectivity index (χ4v) is 0.426. The summed E-state index contributed by atoms with van der Waals surface area (Å²) < 4.78 is 4.73. The maximum Gasteiger partial charge on any atom is 0.122 e. The zero-order chi connectivity index (χ0) is 4.41. The molecule has 0 aliphatic carbocycles. The molecule has 0 atom stereocenters. The number of hydrogen-bond acceptors (Lipinski definition) is 2. The summed E-state index contributed by atoms with van der Waals surface area (Å²) in [4.78, 5) is 0.884. The lowest BCUT2D eigenvalue weighted by Gasteiger charge is -1.81. The van der Waals surface area contributed by atoms with E-state index in [1.54, 1.807) is 12.3 Å². The van der Waals surface area contributed by atoms with Crippen molar-refractivity contribution in [3.63, 3.8) is 0 Å². The van der Waals surface area contributed by atoms with Crippen LogP contribution in [-0.4, -0.2) is 11.5 Å². The molecule has 6 heavy (non-hydrogen) atoms. The molecule has 0 aromatic rings. The van der Waals surface area contributed by atoms with Crippen LogP contribution < -0.4 is 0 Å². The monoisotopic (exact) mass is 100.0 g/mol. The van der Waals surface area contributed by atoms with Crippen LogP contribution in [0.2, 0.25) is 0 Å². The van der Waals surface area contributed by atoms with Gasteiger partial charge in [0.2, 0.25) is 0 Å². The lowest BCUT2D eigenvalue weighted by molar-refractivity contribution is 0.317. The summed E-state index contributed by atoms with van der Waals surface area (Å²) in [5.74, 6) is 0. The van der Waals surface area contributed by atoms with Gasteiger partial charge in [0.15, 0.2) is 0 Å². The smallest absolute Gasteiger partial charge is 0.122 e. The Balaban J connectivity index is 2.59. The van der Waals surface area contributed by atoms with Crippen LogP contribution in [0.4, 0.5) is 0 Å². The molecule has 1 nitrogen and oxygen atoms in total. The van der Waals surface area contributed by atoms with Crippen LogP contribution in [0.15, 0.2) is 12.3 Å². The average Bonchev–Trinajstić information content (AvgIpc) is 1.86. The van der Waals surface area contributed by atoms with Gasteiger partial charge in [0.25, 0.3) is 0 Å². The van der Waals surface area contributed by atoms with E-state index >= 15 is 0 Å². The molecule has 0 spiro atoms. The van der Waals surface area contributed by atoms with Crippen LogP contribution in [0.3, 0.4) is 0 Å². The van der Waals surface area contributed by atoms with Gasteiger partial charge in [-0.15, -0.1) is 0 Å². The number of ether oxygens (including phenoxy) is 1. The predicted octanol–water partition coefficient (Wildman–Crippen LogP) is 0.900. The summed E-state index contributed by atoms with van der Waals surface area (Å²) in [5, 5.41) is 0. The summed E-state index contributed by atoms with van der Waals surface area (Å²) >= 11 is 4.71. The van der Waals surface area contributed by atoms with Gasteiger partial charge in [0, 0.05) is 0 Å². The molecule has 0 unspecified atom stereocenters. The zero-order valence-corrected chi connectivity index (χ0v) is 3.99. The second-order valence-corrected chi connectivity index (χ2v) is 1.60. The molecule has 0 bridgehead atoms. The first-order valence-electron chi connectivity index (χ1n) is 1.70. The minimum Gasteiger partial charge on any atom is -0.496 e. The van der Waals surface area contributed by atoms with E-state index in [2.05, 4.69) is 0 Å². The molecule has 2 heteroatoms. The zero-order valence-electron chi connectivity index (χ0n) is 3.18. The van der Waals surface area contributed by atoms with Crippen LogP contribution in [0.25, 0.3) is 0 Å². The standard InChI is InChI=1S/C4H4OS/c6-4-1-2-5-3-4/h1-2H,3H2. The van der Waals surface area contributed by atoms with Crippen molar-refractivity contribution in [2.45, 2.75) is 0 Å². The molecule has 0 aromatic heterocycles. The summed E-state index contributed by atoms with van der Waals surface area (Å²) in [7, 11) is 0. The van der Waals surface area contributed by atoms with E-state index in [9.17, 15) is 0 Å². The van der Waals surface area contributed by atoms with Crippen LogP contribution >= 0.6 is 12.2 Å². The van der Waals surface area contributed by atoms with Crippen molar-refractivity contribution in [2.24, 2.45) is 0 Å². The van der Waals surface area contributed by atoms with E-state index in [1.807, 2.05) is 0 Å². The highest BCUT2D eigenvalue weighted by Crippen LogP contribution is 1.92. The van der Waals surface area contributed by atoms with Gasteiger partial charge in [-0.3, -0.25) is 0 Å². The highest BCUT2D eigenvalue weighted by atomic mass is 32.1. The molecule has 1 heterocycles. The molecular weight excluding hydrogens is 96.1 g/mol. The Kier molecular flexibility index (Phi) is 0.881. The van der Waals surface area contributed by atoms with E-state index in [-0.39, 0.29) is 0 Å². The van der Waals surface area contributed by atoms with Crippen LogP contribution in [0, 0.1) is 0 Å². The molecule has 1 aliphatic rings. The third kappa shape index (κ3) is 0.571. The minimum atomic E-state index is 0.606. The first-order chi connectivity index (χ1) is 2.89. The third-order valence-electron chi connectivity index (χ3n) is 0.576. The van der Waals surface area contributed by atoms with Gasteiger partial charge in [0.05, 0.1) is 11.1 Å². The topological polar surface area (TPSA) is 9.23 Å². The maximum atomic E-state index is 4.73. The highest BCUT2D eigenvalue weighted by Gasteiger charge is 1.94. The first kappa shape index (κ1) is 3.81. The number of thiocarbonyl (C=S) groups is 1. The van der Waals surface area contributed by atoms with Gasteiger partial charge < -0.3 is 4.74 Å². The second-order valence-electron chi connectivity index (χ2n) is 1.08. The Hall–Kier alpha value is -0.370. The van der Waals surface area contributed by atoms with Gasteiger partial charge in [-0.25, -0.2) is 0 Å². The van der Waals surface area contributed by atoms with Crippen molar-refractivity contribution in [3.05, 3.63) is 12.3 Å². The van der Waals surface area contributed by atoms with Crippen molar-refractivity contribution in [1.82, 2.24) is 0 Å². The van der Waals surface area contributed by atoms with Gasteiger partial charge in [-0.05, 0) is 6.08 Å². The Bertz CT molecular complexity index is 95.7. The van der Waals surface area contributed by atoms with E-state index < -0.39 is 0 Å². The van der Waals surface area contributed by atoms with Crippen molar-refractivity contribution in [1.29, 1.82) is 0 Å². The van der Waals surface area contributed by atoms with Gasteiger partial charge in [-0.1, -0.05) is 12.2 Å². The minimum absolute atomic E-state index is 0.606. The number of rotatable bonds is 0.